The Balaban J connectivity index is 1.56. The third-order valence-electron chi connectivity index (χ3n) is 5.20. The summed E-state index contributed by atoms with van der Waals surface area (Å²) >= 11 is 6.03. The molecule has 8 heteroatoms. The molecule has 0 spiro atoms. The van der Waals surface area contributed by atoms with Crippen molar-refractivity contribution in [1.29, 1.82) is 0 Å². The van der Waals surface area contributed by atoms with Crippen LogP contribution in [-0.4, -0.2) is 27.9 Å². The number of carbonyl (C=O) groups excluding carboxylic acids is 2. The summed E-state index contributed by atoms with van der Waals surface area (Å²) in [6.45, 7) is 0.251. The SMILES string of the molecule is Cn1ccnc1[C@@H](NC(=O)[C@@H]1CC(=O)N(c2cccc(Cl)c2)C1)c1cccc(F)c1. The molecule has 0 bridgehead atoms. The molecule has 0 radical (unpaired) electrons. The molecule has 1 N–H and O–H groups in total. The van der Waals surface area contributed by atoms with Gasteiger partial charge in [-0.3, -0.25) is 9.59 Å². The van der Waals surface area contributed by atoms with E-state index in [-0.39, 0.29) is 24.8 Å². The summed E-state index contributed by atoms with van der Waals surface area (Å²) in [5, 5.41) is 3.48. The number of hydrogen-bond donors (Lipinski definition) is 1. The second-order valence-corrected chi connectivity index (χ2v) is 7.71. The number of carbonyl (C=O) groups is 2. The van der Waals surface area contributed by atoms with E-state index < -0.39 is 17.8 Å². The van der Waals surface area contributed by atoms with Crippen LogP contribution < -0.4 is 10.2 Å². The molecule has 3 aromatic rings. The maximum Gasteiger partial charge on any atom is 0.227 e. The number of nitrogens with one attached hydrogen (secondary N) is 1. The summed E-state index contributed by atoms with van der Waals surface area (Å²) in [5.74, 6) is -0.788. The standard InChI is InChI=1S/C22H20ClFN4O2/c1-27-9-8-25-21(27)20(14-4-2-6-17(24)10-14)26-22(30)15-11-19(29)28(13-15)18-7-3-5-16(23)12-18/h2-10,12,15,20H,11,13H2,1H3,(H,26,30)/t15-,20+/m1/s1. The van der Waals surface area contributed by atoms with Gasteiger partial charge in [0.1, 0.15) is 17.7 Å². The van der Waals surface area contributed by atoms with Crippen molar-refractivity contribution in [2.45, 2.75) is 12.5 Å². The van der Waals surface area contributed by atoms with Gasteiger partial charge in [-0.1, -0.05) is 29.8 Å². The maximum absolute atomic E-state index is 13.8. The van der Waals surface area contributed by atoms with E-state index in [9.17, 15) is 14.0 Å². The van der Waals surface area contributed by atoms with Gasteiger partial charge >= 0.3 is 0 Å². The Morgan fingerprint density at radius 3 is 2.77 bits per heavy atom. The van der Waals surface area contributed by atoms with Crippen LogP contribution in [0.2, 0.25) is 5.02 Å². The number of aryl methyl sites for hydroxylation is 1. The Morgan fingerprint density at radius 2 is 2.07 bits per heavy atom. The second-order valence-electron chi connectivity index (χ2n) is 7.28. The Kier molecular flexibility index (Phi) is 5.55. The molecule has 154 valence electrons. The first-order chi connectivity index (χ1) is 14.4. The topological polar surface area (TPSA) is 67.2 Å². The van der Waals surface area contributed by atoms with Crippen LogP contribution in [0, 0.1) is 11.7 Å². The minimum Gasteiger partial charge on any atom is -0.342 e. The Labute approximate surface area is 178 Å². The number of anilines is 1. The van der Waals surface area contributed by atoms with E-state index in [1.54, 1.807) is 65.3 Å². The van der Waals surface area contributed by atoms with E-state index in [0.717, 1.165) is 0 Å². The van der Waals surface area contributed by atoms with Crippen LogP contribution in [0.5, 0.6) is 0 Å². The van der Waals surface area contributed by atoms with Crippen LogP contribution in [0.15, 0.2) is 60.9 Å². The largest absolute Gasteiger partial charge is 0.342 e. The fourth-order valence-electron chi connectivity index (χ4n) is 3.68. The maximum atomic E-state index is 13.8. The molecule has 1 aromatic heterocycles. The molecule has 1 saturated heterocycles. The number of amides is 2. The number of aromatic nitrogens is 2. The van der Waals surface area contributed by atoms with Crippen LogP contribution in [-0.2, 0) is 16.6 Å². The molecule has 4 rings (SSSR count). The average molecular weight is 427 g/mol. The molecule has 2 aromatic carbocycles. The summed E-state index contributed by atoms with van der Waals surface area (Å²) in [7, 11) is 1.81. The number of imidazole rings is 1. The van der Waals surface area contributed by atoms with Crippen molar-refractivity contribution in [3.05, 3.63) is 83.2 Å². The van der Waals surface area contributed by atoms with Crippen molar-refractivity contribution in [2.75, 3.05) is 11.4 Å². The Hall–Kier alpha value is -3.19. The third-order valence-corrected chi connectivity index (χ3v) is 5.44. The molecular weight excluding hydrogens is 407 g/mol. The van der Waals surface area contributed by atoms with Gasteiger partial charge in [-0.25, -0.2) is 9.37 Å². The van der Waals surface area contributed by atoms with Crippen LogP contribution in [0.4, 0.5) is 10.1 Å². The van der Waals surface area contributed by atoms with Crippen molar-refractivity contribution >= 4 is 29.1 Å². The normalized spacial score (nSPS) is 17.2. The number of benzene rings is 2. The Bertz CT molecular complexity index is 1100. The third kappa shape index (κ3) is 4.07. The number of nitrogens with zero attached hydrogens (tertiary/aromatic N) is 3. The van der Waals surface area contributed by atoms with Gasteiger partial charge in [-0.05, 0) is 35.9 Å². The van der Waals surface area contributed by atoms with Gasteiger partial charge in [-0.2, -0.15) is 0 Å². The van der Waals surface area contributed by atoms with Gasteiger partial charge in [0, 0.05) is 43.1 Å². The fraction of sp³-hybridized carbons (Fsp3) is 0.227. The van der Waals surface area contributed by atoms with E-state index in [2.05, 4.69) is 10.3 Å². The molecule has 2 heterocycles. The number of hydrogen-bond acceptors (Lipinski definition) is 3. The van der Waals surface area contributed by atoms with Crippen LogP contribution in [0.25, 0.3) is 0 Å². The molecule has 0 aliphatic carbocycles. The highest BCUT2D eigenvalue weighted by Gasteiger charge is 2.36. The lowest BCUT2D eigenvalue weighted by molar-refractivity contribution is -0.126. The quantitative estimate of drug-likeness (QED) is 0.679. The lowest BCUT2D eigenvalue weighted by atomic mass is 10.0. The van der Waals surface area contributed by atoms with E-state index in [0.29, 0.717) is 22.1 Å². The second kappa shape index (κ2) is 8.28. The van der Waals surface area contributed by atoms with Crippen molar-refractivity contribution in [3.8, 4) is 0 Å². The molecule has 1 aliphatic heterocycles. The molecule has 1 aliphatic rings. The highest BCUT2D eigenvalue weighted by Crippen LogP contribution is 2.28. The zero-order valence-corrected chi connectivity index (χ0v) is 17.0. The van der Waals surface area contributed by atoms with E-state index in [1.807, 2.05) is 0 Å². The zero-order chi connectivity index (χ0) is 21.3. The lowest BCUT2D eigenvalue weighted by Crippen LogP contribution is -2.37. The van der Waals surface area contributed by atoms with Crippen molar-refractivity contribution in [2.24, 2.45) is 13.0 Å². The fourth-order valence-corrected chi connectivity index (χ4v) is 3.86. The Morgan fingerprint density at radius 1 is 1.27 bits per heavy atom. The predicted octanol–water partition coefficient (Wildman–Crippen LogP) is 3.47. The molecule has 2 amide bonds. The summed E-state index contributed by atoms with van der Waals surface area (Å²) < 4.78 is 15.6. The predicted molar refractivity (Wildman–Crippen MR) is 112 cm³/mol. The van der Waals surface area contributed by atoms with Gasteiger partial charge in [0.15, 0.2) is 0 Å². The molecule has 2 atom stereocenters. The highest BCUT2D eigenvalue weighted by molar-refractivity contribution is 6.31. The van der Waals surface area contributed by atoms with Gasteiger partial charge in [-0.15, -0.1) is 0 Å². The first kappa shape index (κ1) is 20.1. The average Bonchev–Trinajstić information content (AvgIpc) is 3.31. The first-order valence-electron chi connectivity index (χ1n) is 9.51. The highest BCUT2D eigenvalue weighted by atomic mass is 35.5. The zero-order valence-electron chi connectivity index (χ0n) is 16.3. The molecule has 30 heavy (non-hydrogen) atoms. The molecule has 6 nitrogen and oxygen atoms in total. The lowest BCUT2D eigenvalue weighted by Gasteiger charge is -2.21. The minimum atomic E-state index is -0.636. The van der Waals surface area contributed by atoms with Gasteiger partial charge in [0.25, 0.3) is 0 Å². The monoisotopic (exact) mass is 426 g/mol. The smallest absolute Gasteiger partial charge is 0.227 e. The van der Waals surface area contributed by atoms with Crippen LogP contribution >= 0.6 is 11.6 Å². The summed E-state index contributed by atoms with van der Waals surface area (Å²) in [6.07, 6.45) is 3.47. The van der Waals surface area contributed by atoms with Crippen molar-refractivity contribution in [1.82, 2.24) is 14.9 Å². The van der Waals surface area contributed by atoms with E-state index >= 15 is 0 Å². The van der Waals surface area contributed by atoms with E-state index in [4.69, 9.17) is 11.6 Å². The van der Waals surface area contributed by atoms with E-state index in [1.165, 1.54) is 12.1 Å². The van der Waals surface area contributed by atoms with Gasteiger partial charge < -0.3 is 14.8 Å². The summed E-state index contributed by atoms with van der Waals surface area (Å²) in [5.41, 5.74) is 1.24. The number of rotatable bonds is 5. The summed E-state index contributed by atoms with van der Waals surface area (Å²) in [4.78, 5) is 31.5. The van der Waals surface area contributed by atoms with Crippen LogP contribution in [0.1, 0.15) is 23.9 Å². The molecule has 0 unspecified atom stereocenters. The molecule has 1 fully saturated rings. The summed E-state index contributed by atoms with van der Waals surface area (Å²) in [6, 6.07) is 12.4. The van der Waals surface area contributed by atoms with Crippen molar-refractivity contribution < 1.29 is 14.0 Å². The molecule has 0 saturated carbocycles. The first-order valence-corrected chi connectivity index (χ1v) is 9.89. The van der Waals surface area contributed by atoms with Crippen LogP contribution in [0.3, 0.4) is 0 Å². The van der Waals surface area contributed by atoms with Gasteiger partial charge in [0.2, 0.25) is 11.8 Å². The minimum absolute atomic E-state index is 0.0920. The number of halogens is 2. The van der Waals surface area contributed by atoms with Gasteiger partial charge in [0.05, 0.1) is 5.92 Å². The van der Waals surface area contributed by atoms with Crippen molar-refractivity contribution in [3.63, 3.8) is 0 Å². The molecular formula is C22H20ClFN4O2.